The van der Waals surface area contributed by atoms with E-state index in [2.05, 4.69) is 16.8 Å². The summed E-state index contributed by atoms with van der Waals surface area (Å²) in [6.07, 6.45) is 4.75. The quantitative estimate of drug-likeness (QED) is 0.764. The van der Waals surface area contributed by atoms with Crippen molar-refractivity contribution in [2.24, 2.45) is 0 Å². The number of unbranched alkanes of at least 4 members (excludes halogenated alkanes) is 1. The van der Waals surface area contributed by atoms with Crippen molar-refractivity contribution in [2.45, 2.75) is 64.6 Å². The Bertz CT molecular complexity index is 597. The summed E-state index contributed by atoms with van der Waals surface area (Å²) in [6, 6.07) is 4.52. The maximum absolute atomic E-state index is 12.3. The highest BCUT2D eigenvalue weighted by molar-refractivity contribution is 5.70. The highest BCUT2D eigenvalue weighted by atomic mass is 16.6. The molecule has 0 N–H and O–H groups in total. The number of rotatable bonds is 5. The second kappa shape index (κ2) is 7.10. The lowest BCUT2D eigenvalue weighted by atomic mass is 10.2. The molecule has 0 spiro atoms. The monoisotopic (exact) mass is 347 g/mol. The second-order valence-corrected chi connectivity index (χ2v) is 7.88. The zero-order chi connectivity index (χ0) is 18.0. The van der Waals surface area contributed by atoms with Gasteiger partial charge in [0.25, 0.3) is 0 Å². The van der Waals surface area contributed by atoms with E-state index in [1.54, 1.807) is 6.20 Å². The van der Waals surface area contributed by atoms with Crippen LogP contribution in [-0.4, -0.2) is 53.4 Å². The summed E-state index contributed by atoms with van der Waals surface area (Å²) >= 11 is 0. The summed E-state index contributed by atoms with van der Waals surface area (Å²) in [5.74, 6) is 1.77. The number of ether oxygens (including phenoxy) is 2. The SMILES string of the molecule is CCCCOc1ccc(N2C[C@@H]3C[C@H]2CN3C(=O)OC(C)(C)C)nc1. The summed E-state index contributed by atoms with van der Waals surface area (Å²) in [4.78, 5) is 21.0. The summed E-state index contributed by atoms with van der Waals surface area (Å²) in [5, 5.41) is 0. The lowest BCUT2D eigenvalue weighted by Crippen LogP contribution is -2.50. The van der Waals surface area contributed by atoms with Crippen LogP contribution < -0.4 is 9.64 Å². The minimum Gasteiger partial charge on any atom is -0.492 e. The topological polar surface area (TPSA) is 54.9 Å². The molecule has 3 rings (SSSR count). The van der Waals surface area contributed by atoms with E-state index in [0.717, 1.165) is 44.0 Å². The predicted octanol–water partition coefficient (Wildman–Crippen LogP) is 3.46. The molecule has 1 amide bonds. The Morgan fingerprint density at radius 3 is 2.64 bits per heavy atom. The number of carbonyl (C=O) groups excluding carboxylic acids is 1. The fraction of sp³-hybridized carbons (Fsp3) is 0.684. The molecule has 3 heterocycles. The normalized spacial score (nSPS) is 22.4. The number of carbonyl (C=O) groups is 1. The van der Waals surface area contributed by atoms with Crippen molar-refractivity contribution in [1.29, 1.82) is 0 Å². The van der Waals surface area contributed by atoms with Gasteiger partial charge in [0.05, 0.1) is 24.9 Å². The molecule has 2 saturated heterocycles. The Morgan fingerprint density at radius 2 is 2.08 bits per heavy atom. The highest BCUT2D eigenvalue weighted by Crippen LogP contribution is 2.34. The van der Waals surface area contributed by atoms with E-state index in [0.29, 0.717) is 12.6 Å². The van der Waals surface area contributed by atoms with Gasteiger partial charge < -0.3 is 19.3 Å². The Kier molecular flexibility index (Phi) is 5.06. The maximum atomic E-state index is 12.3. The van der Waals surface area contributed by atoms with Crippen molar-refractivity contribution < 1.29 is 14.3 Å². The number of nitrogens with zero attached hydrogens (tertiary/aromatic N) is 3. The number of likely N-dealkylation sites (tertiary alicyclic amines) is 1. The smallest absolute Gasteiger partial charge is 0.410 e. The van der Waals surface area contributed by atoms with Crippen LogP contribution in [0.15, 0.2) is 18.3 Å². The fourth-order valence-electron chi connectivity index (χ4n) is 3.45. The molecule has 6 nitrogen and oxygen atoms in total. The first-order chi connectivity index (χ1) is 11.9. The minimum absolute atomic E-state index is 0.202. The third-order valence-corrected chi connectivity index (χ3v) is 4.65. The Labute approximate surface area is 150 Å². The molecule has 1 aromatic heterocycles. The maximum Gasteiger partial charge on any atom is 0.410 e. The van der Waals surface area contributed by atoms with Crippen LogP contribution in [0.2, 0.25) is 0 Å². The Hall–Kier alpha value is -1.98. The van der Waals surface area contributed by atoms with Gasteiger partial charge in [-0.25, -0.2) is 9.78 Å². The van der Waals surface area contributed by atoms with Gasteiger partial charge in [-0.2, -0.15) is 0 Å². The molecule has 1 aromatic rings. The van der Waals surface area contributed by atoms with Crippen molar-refractivity contribution in [3.63, 3.8) is 0 Å². The molecule has 2 aliphatic heterocycles. The van der Waals surface area contributed by atoms with Gasteiger partial charge in [0.15, 0.2) is 0 Å². The summed E-state index contributed by atoms with van der Waals surface area (Å²) in [7, 11) is 0. The van der Waals surface area contributed by atoms with Crippen LogP contribution in [0.5, 0.6) is 5.75 Å². The van der Waals surface area contributed by atoms with Gasteiger partial charge in [-0.15, -0.1) is 0 Å². The van der Waals surface area contributed by atoms with Crippen LogP contribution in [0.4, 0.5) is 10.6 Å². The van der Waals surface area contributed by atoms with E-state index in [-0.39, 0.29) is 12.1 Å². The van der Waals surface area contributed by atoms with Gasteiger partial charge in [0.1, 0.15) is 17.2 Å². The van der Waals surface area contributed by atoms with Gasteiger partial charge in [-0.05, 0) is 45.7 Å². The Morgan fingerprint density at radius 1 is 1.28 bits per heavy atom. The average molecular weight is 347 g/mol. The number of pyridine rings is 1. The van der Waals surface area contributed by atoms with E-state index >= 15 is 0 Å². The first-order valence-corrected chi connectivity index (χ1v) is 9.22. The van der Waals surface area contributed by atoms with Crippen molar-refractivity contribution >= 4 is 11.9 Å². The molecule has 138 valence electrons. The van der Waals surface area contributed by atoms with E-state index in [1.807, 2.05) is 37.8 Å². The van der Waals surface area contributed by atoms with Gasteiger partial charge in [0, 0.05) is 13.1 Å². The third kappa shape index (κ3) is 4.17. The van der Waals surface area contributed by atoms with Gasteiger partial charge in [-0.3, -0.25) is 0 Å². The number of piperazine rings is 1. The molecule has 0 aromatic carbocycles. The van der Waals surface area contributed by atoms with Crippen LogP contribution in [-0.2, 0) is 4.74 Å². The fourth-order valence-corrected chi connectivity index (χ4v) is 3.45. The van der Waals surface area contributed by atoms with Crippen molar-refractivity contribution in [2.75, 3.05) is 24.6 Å². The van der Waals surface area contributed by atoms with E-state index in [1.165, 1.54) is 0 Å². The van der Waals surface area contributed by atoms with Crippen molar-refractivity contribution in [1.82, 2.24) is 9.88 Å². The molecule has 2 atom stereocenters. The summed E-state index contributed by atoms with van der Waals surface area (Å²) in [5.41, 5.74) is -0.451. The van der Waals surface area contributed by atoms with E-state index < -0.39 is 5.60 Å². The second-order valence-electron chi connectivity index (χ2n) is 7.88. The van der Waals surface area contributed by atoms with Crippen LogP contribution >= 0.6 is 0 Å². The highest BCUT2D eigenvalue weighted by Gasteiger charge is 2.46. The molecule has 25 heavy (non-hydrogen) atoms. The molecule has 0 saturated carbocycles. The van der Waals surface area contributed by atoms with Crippen LogP contribution in [0.3, 0.4) is 0 Å². The van der Waals surface area contributed by atoms with Crippen molar-refractivity contribution in [3.8, 4) is 5.75 Å². The summed E-state index contributed by atoms with van der Waals surface area (Å²) < 4.78 is 11.2. The van der Waals surface area contributed by atoms with Gasteiger partial charge in [-0.1, -0.05) is 13.3 Å². The van der Waals surface area contributed by atoms with Gasteiger partial charge >= 0.3 is 6.09 Å². The third-order valence-electron chi connectivity index (χ3n) is 4.65. The zero-order valence-electron chi connectivity index (χ0n) is 15.7. The number of anilines is 1. The lowest BCUT2D eigenvalue weighted by molar-refractivity contribution is 0.0214. The van der Waals surface area contributed by atoms with Crippen LogP contribution in [0, 0.1) is 0 Å². The Balaban J connectivity index is 1.56. The standard InChI is InChI=1S/C19H29N3O3/c1-5-6-9-24-16-7-8-17(20-11-16)21-12-15-10-14(21)13-22(15)18(23)25-19(2,3)4/h7-8,11,14-15H,5-6,9-10,12-13H2,1-4H3/t14-,15-/m0/s1. The summed E-state index contributed by atoms with van der Waals surface area (Å²) in [6.45, 7) is 10.1. The molecule has 2 aliphatic rings. The first kappa shape index (κ1) is 17.8. The number of fused-ring (bicyclic) bond motifs is 2. The largest absolute Gasteiger partial charge is 0.492 e. The van der Waals surface area contributed by atoms with E-state index in [9.17, 15) is 4.79 Å². The number of hydrogen-bond acceptors (Lipinski definition) is 5. The van der Waals surface area contributed by atoms with Crippen LogP contribution in [0.1, 0.15) is 47.0 Å². The lowest BCUT2D eigenvalue weighted by Gasteiger charge is -2.35. The first-order valence-electron chi connectivity index (χ1n) is 9.22. The molecule has 6 heteroatoms. The minimum atomic E-state index is -0.451. The molecule has 0 unspecified atom stereocenters. The molecule has 2 fully saturated rings. The van der Waals surface area contributed by atoms with E-state index in [4.69, 9.17) is 9.47 Å². The number of hydrogen-bond donors (Lipinski definition) is 0. The average Bonchev–Trinajstić information content (AvgIpc) is 3.15. The van der Waals surface area contributed by atoms with Crippen LogP contribution in [0.25, 0.3) is 0 Å². The van der Waals surface area contributed by atoms with Crippen molar-refractivity contribution in [3.05, 3.63) is 18.3 Å². The predicted molar refractivity (Wildman–Crippen MR) is 97.1 cm³/mol. The molecule has 0 radical (unpaired) electrons. The molecule has 0 aliphatic carbocycles. The molecule has 2 bridgehead atoms. The number of amides is 1. The number of aromatic nitrogens is 1. The molecular weight excluding hydrogens is 318 g/mol. The molecular formula is C19H29N3O3. The zero-order valence-corrected chi connectivity index (χ0v) is 15.7. The van der Waals surface area contributed by atoms with Gasteiger partial charge in [0.2, 0.25) is 0 Å².